The second kappa shape index (κ2) is 3.87. The molecular formula is C12H14FN3. The predicted molar refractivity (Wildman–Crippen MR) is 60.8 cm³/mol. The van der Waals surface area contributed by atoms with Crippen LogP contribution in [-0.2, 0) is 0 Å². The van der Waals surface area contributed by atoms with Gasteiger partial charge in [0.1, 0.15) is 11.3 Å². The van der Waals surface area contributed by atoms with Crippen molar-refractivity contribution in [1.29, 1.82) is 0 Å². The highest BCUT2D eigenvalue weighted by Crippen LogP contribution is 2.24. The minimum atomic E-state index is -0.180. The lowest BCUT2D eigenvalue weighted by Crippen LogP contribution is -2.32. The van der Waals surface area contributed by atoms with Gasteiger partial charge in [0.2, 0.25) is 0 Å². The highest BCUT2D eigenvalue weighted by molar-refractivity contribution is 5.79. The van der Waals surface area contributed by atoms with Crippen molar-refractivity contribution in [1.82, 2.24) is 15.1 Å². The van der Waals surface area contributed by atoms with Crippen LogP contribution in [0.2, 0.25) is 0 Å². The molecule has 1 saturated heterocycles. The second-order valence-electron chi connectivity index (χ2n) is 4.27. The number of fused-ring (bicyclic) bond motifs is 1. The molecule has 4 heteroatoms. The highest BCUT2D eigenvalue weighted by Gasteiger charge is 2.18. The molecule has 84 valence electrons. The van der Waals surface area contributed by atoms with Crippen LogP contribution in [0, 0.1) is 5.82 Å². The van der Waals surface area contributed by atoms with Crippen LogP contribution in [0.25, 0.3) is 10.9 Å². The molecule has 0 aliphatic carbocycles. The first-order valence-corrected chi connectivity index (χ1v) is 5.69. The third-order valence-corrected chi connectivity index (χ3v) is 3.19. The molecule has 0 saturated carbocycles. The summed E-state index contributed by atoms with van der Waals surface area (Å²) in [6.45, 7) is 1.93. The Kier molecular flexibility index (Phi) is 2.36. The largest absolute Gasteiger partial charge is 0.315 e. The van der Waals surface area contributed by atoms with Crippen LogP contribution in [0.1, 0.15) is 18.9 Å². The SMILES string of the molecule is Fc1cccc2cnn(C3CCCNC3)c12. The average Bonchev–Trinajstić information content (AvgIpc) is 2.75. The van der Waals surface area contributed by atoms with Crippen molar-refractivity contribution in [2.24, 2.45) is 0 Å². The number of hydrogen-bond acceptors (Lipinski definition) is 2. The van der Waals surface area contributed by atoms with Gasteiger partial charge in [-0.15, -0.1) is 0 Å². The Morgan fingerprint density at radius 3 is 3.19 bits per heavy atom. The summed E-state index contributed by atoms with van der Waals surface area (Å²) in [7, 11) is 0. The molecule has 0 bridgehead atoms. The van der Waals surface area contributed by atoms with E-state index in [0.717, 1.165) is 31.3 Å². The van der Waals surface area contributed by atoms with Crippen molar-refractivity contribution in [3.05, 3.63) is 30.2 Å². The van der Waals surface area contributed by atoms with E-state index in [2.05, 4.69) is 10.4 Å². The molecule has 1 aromatic heterocycles. The third-order valence-electron chi connectivity index (χ3n) is 3.19. The van der Waals surface area contributed by atoms with E-state index in [-0.39, 0.29) is 11.9 Å². The number of aromatic nitrogens is 2. The van der Waals surface area contributed by atoms with E-state index < -0.39 is 0 Å². The third kappa shape index (κ3) is 1.50. The average molecular weight is 219 g/mol. The summed E-state index contributed by atoms with van der Waals surface area (Å²) in [6.07, 6.45) is 3.94. The molecule has 3 nitrogen and oxygen atoms in total. The quantitative estimate of drug-likeness (QED) is 0.796. The summed E-state index contributed by atoms with van der Waals surface area (Å²) in [5.74, 6) is -0.180. The molecule has 2 heterocycles. The summed E-state index contributed by atoms with van der Waals surface area (Å²) in [6, 6.07) is 5.40. The summed E-state index contributed by atoms with van der Waals surface area (Å²) >= 11 is 0. The lowest BCUT2D eigenvalue weighted by Gasteiger charge is -2.23. The van der Waals surface area contributed by atoms with Crippen LogP contribution >= 0.6 is 0 Å². The van der Waals surface area contributed by atoms with E-state index in [0.29, 0.717) is 5.52 Å². The zero-order valence-electron chi connectivity index (χ0n) is 8.99. The maximum atomic E-state index is 13.8. The van der Waals surface area contributed by atoms with Crippen molar-refractivity contribution in [2.45, 2.75) is 18.9 Å². The van der Waals surface area contributed by atoms with Gasteiger partial charge in [-0.3, -0.25) is 4.68 Å². The van der Waals surface area contributed by atoms with Crippen molar-refractivity contribution < 1.29 is 4.39 Å². The Labute approximate surface area is 93.3 Å². The van der Waals surface area contributed by atoms with Crippen molar-refractivity contribution in [3.63, 3.8) is 0 Å². The van der Waals surface area contributed by atoms with Gasteiger partial charge in [-0.05, 0) is 25.5 Å². The molecule has 0 radical (unpaired) electrons. The number of para-hydroxylation sites is 1. The van der Waals surface area contributed by atoms with E-state index in [9.17, 15) is 4.39 Å². The van der Waals surface area contributed by atoms with Gasteiger partial charge in [0, 0.05) is 11.9 Å². The maximum absolute atomic E-state index is 13.8. The Bertz CT molecular complexity index is 500. The number of benzene rings is 1. The Hall–Kier alpha value is -1.42. The molecule has 1 unspecified atom stereocenters. The first-order valence-electron chi connectivity index (χ1n) is 5.69. The lowest BCUT2D eigenvalue weighted by molar-refractivity contribution is 0.352. The molecule has 0 amide bonds. The Morgan fingerprint density at radius 1 is 1.44 bits per heavy atom. The zero-order valence-corrected chi connectivity index (χ0v) is 8.99. The molecule has 0 spiro atoms. The van der Waals surface area contributed by atoms with Crippen LogP contribution in [0.4, 0.5) is 4.39 Å². The minimum absolute atomic E-state index is 0.180. The topological polar surface area (TPSA) is 29.9 Å². The van der Waals surface area contributed by atoms with Gasteiger partial charge < -0.3 is 5.32 Å². The number of hydrogen-bond donors (Lipinski definition) is 1. The van der Waals surface area contributed by atoms with Gasteiger partial charge in [0.15, 0.2) is 0 Å². The number of nitrogens with zero attached hydrogens (tertiary/aromatic N) is 2. The Balaban J connectivity index is 2.09. The molecule has 1 N–H and O–H groups in total. The van der Waals surface area contributed by atoms with Crippen LogP contribution in [-0.4, -0.2) is 22.9 Å². The van der Waals surface area contributed by atoms with Gasteiger partial charge in [-0.2, -0.15) is 5.10 Å². The molecule has 1 aliphatic rings. The Morgan fingerprint density at radius 2 is 2.38 bits per heavy atom. The maximum Gasteiger partial charge on any atom is 0.149 e. The molecule has 2 aromatic rings. The number of piperidine rings is 1. The first kappa shape index (κ1) is 9.78. The van der Waals surface area contributed by atoms with Gasteiger partial charge >= 0.3 is 0 Å². The van der Waals surface area contributed by atoms with Crippen molar-refractivity contribution in [2.75, 3.05) is 13.1 Å². The predicted octanol–water partition coefficient (Wildman–Crippen LogP) is 2.10. The van der Waals surface area contributed by atoms with Crippen LogP contribution in [0.15, 0.2) is 24.4 Å². The highest BCUT2D eigenvalue weighted by atomic mass is 19.1. The smallest absolute Gasteiger partial charge is 0.149 e. The summed E-state index contributed by atoms with van der Waals surface area (Å²) in [4.78, 5) is 0. The molecule has 16 heavy (non-hydrogen) atoms. The number of nitrogens with one attached hydrogen (secondary N) is 1. The van der Waals surface area contributed by atoms with E-state index in [1.165, 1.54) is 6.07 Å². The monoisotopic (exact) mass is 219 g/mol. The van der Waals surface area contributed by atoms with Crippen LogP contribution in [0.5, 0.6) is 0 Å². The number of rotatable bonds is 1. The summed E-state index contributed by atoms with van der Waals surface area (Å²) in [5, 5.41) is 8.52. The van der Waals surface area contributed by atoms with Crippen LogP contribution < -0.4 is 5.32 Å². The van der Waals surface area contributed by atoms with E-state index >= 15 is 0 Å². The fourth-order valence-electron chi connectivity index (χ4n) is 2.38. The van der Waals surface area contributed by atoms with Gasteiger partial charge in [-0.25, -0.2) is 4.39 Å². The molecule has 1 aliphatic heterocycles. The van der Waals surface area contributed by atoms with Gasteiger partial charge in [0.05, 0.1) is 12.2 Å². The van der Waals surface area contributed by atoms with Gasteiger partial charge in [-0.1, -0.05) is 12.1 Å². The minimum Gasteiger partial charge on any atom is -0.315 e. The summed E-state index contributed by atoms with van der Waals surface area (Å²) in [5.41, 5.74) is 0.635. The number of halogens is 1. The fraction of sp³-hybridized carbons (Fsp3) is 0.417. The van der Waals surface area contributed by atoms with Crippen molar-refractivity contribution in [3.8, 4) is 0 Å². The van der Waals surface area contributed by atoms with Crippen LogP contribution in [0.3, 0.4) is 0 Å². The second-order valence-corrected chi connectivity index (χ2v) is 4.27. The first-order chi connectivity index (χ1) is 7.86. The summed E-state index contributed by atoms with van der Waals surface area (Å²) < 4.78 is 15.6. The molecule has 3 rings (SSSR count). The molecule has 1 atom stereocenters. The van der Waals surface area contributed by atoms with Crippen molar-refractivity contribution >= 4 is 10.9 Å². The normalized spacial score (nSPS) is 21.4. The molecule has 1 aromatic carbocycles. The van der Waals surface area contributed by atoms with E-state index in [1.54, 1.807) is 12.3 Å². The van der Waals surface area contributed by atoms with E-state index in [4.69, 9.17) is 0 Å². The molecule has 1 fully saturated rings. The van der Waals surface area contributed by atoms with Gasteiger partial charge in [0.25, 0.3) is 0 Å². The fourth-order valence-corrected chi connectivity index (χ4v) is 2.38. The van der Waals surface area contributed by atoms with E-state index in [1.807, 2.05) is 10.7 Å². The lowest BCUT2D eigenvalue weighted by atomic mass is 10.1. The molecular weight excluding hydrogens is 205 g/mol. The standard InChI is InChI=1S/C12H14FN3/c13-11-5-1-3-9-7-15-16(12(9)11)10-4-2-6-14-8-10/h1,3,5,7,10,14H,2,4,6,8H2. The zero-order chi connectivity index (χ0) is 11.0.